The fourth-order valence-electron chi connectivity index (χ4n) is 2.88. The summed E-state index contributed by atoms with van der Waals surface area (Å²) in [7, 11) is 0. The van der Waals surface area contributed by atoms with Crippen molar-refractivity contribution in [3.05, 3.63) is 52.6 Å². The molecule has 1 aliphatic heterocycles. The van der Waals surface area contributed by atoms with Gasteiger partial charge in [-0.15, -0.1) is 0 Å². The van der Waals surface area contributed by atoms with Crippen LogP contribution < -0.4 is 10.1 Å². The molecule has 5 heteroatoms. The molecule has 1 aliphatic rings. The van der Waals surface area contributed by atoms with E-state index in [0.717, 1.165) is 23.6 Å². The highest BCUT2D eigenvalue weighted by Crippen LogP contribution is 2.28. The van der Waals surface area contributed by atoms with E-state index in [1.54, 1.807) is 0 Å². The fraction of sp³-hybridized carbons (Fsp3) is 0.389. The van der Waals surface area contributed by atoms with E-state index < -0.39 is 6.10 Å². The summed E-state index contributed by atoms with van der Waals surface area (Å²) in [6.07, 6.45) is 1.12. The number of hydrogen-bond donors (Lipinski definition) is 1. The van der Waals surface area contributed by atoms with Crippen LogP contribution in [0.5, 0.6) is 5.75 Å². The van der Waals surface area contributed by atoms with Crippen molar-refractivity contribution in [2.75, 3.05) is 0 Å². The average Bonchev–Trinajstić information content (AvgIpc) is 2.51. The monoisotopic (exact) mass is 311 g/mol. The van der Waals surface area contributed by atoms with Crippen LogP contribution in [0.2, 0.25) is 0 Å². The Morgan fingerprint density at radius 1 is 1.26 bits per heavy atom. The Kier molecular flexibility index (Phi) is 4.28. The maximum Gasteiger partial charge on any atom is 0.261 e. The standard InChI is InChI=1S/C18H21N3O2/c1-11-4-6-16-14(8-11)5-7-17(23-16)18(22)19-10-15-9-12(2)20-13(3)21-15/h4,6,8-9,17H,5,7,10H2,1-3H3,(H,19,22)/t17-/m0/s1. The van der Waals surface area contributed by atoms with Gasteiger partial charge in [-0.2, -0.15) is 0 Å². The van der Waals surface area contributed by atoms with Crippen LogP contribution in [-0.2, 0) is 17.8 Å². The van der Waals surface area contributed by atoms with E-state index in [9.17, 15) is 4.79 Å². The number of rotatable bonds is 3. The number of aromatic nitrogens is 2. The Balaban J connectivity index is 1.62. The van der Waals surface area contributed by atoms with Gasteiger partial charge in [0.25, 0.3) is 5.91 Å². The highest BCUT2D eigenvalue weighted by atomic mass is 16.5. The molecule has 2 aromatic rings. The second kappa shape index (κ2) is 6.36. The lowest BCUT2D eigenvalue weighted by molar-refractivity contribution is -0.128. The summed E-state index contributed by atoms with van der Waals surface area (Å²) in [5, 5.41) is 2.91. The largest absolute Gasteiger partial charge is 0.480 e. The molecule has 0 radical (unpaired) electrons. The number of benzene rings is 1. The van der Waals surface area contributed by atoms with E-state index >= 15 is 0 Å². The van der Waals surface area contributed by atoms with Gasteiger partial charge in [0.1, 0.15) is 11.6 Å². The number of carbonyl (C=O) groups is 1. The summed E-state index contributed by atoms with van der Waals surface area (Å²) in [5.74, 6) is 1.44. The fourth-order valence-corrected chi connectivity index (χ4v) is 2.88. The Bertz CT molecular complexity index is 723. The highest BCUT2D eigenvalue weighted by Gasteiger charge is 2.25. The molecule has 2 heterocycles. The van der Waals surface area contributed by atoms with Gasteiger partial charge in [-0.05, 0) is 51.3 Å². The minimum absolute atomic E-state index is 0.0925. The zero-order valence-electron chi connectivity index (χ0n) is 13.7. The summed E-state index contributed by atoms with van der Waals surface area (Å²) in [4.78, 5) is 20.9. The lowest BCUT2D eigenvalue weighted by Gasteiger charge is -2.25. The van der Waals surface area contributed by atoms with Gasteiger partial charge >= 0.3 is 0 Å². The summed E-state index contributed by atoms with van der Waals surface area (Å²) < 4.78 is 5.84. The predicted molar refractivity (Wildman–Crippen MR) is 87.3 cm³/mol. The normalized spacial score (nSPS) is 16.4. The van der Waals surface area contributed by atoms with Gasteiger partial charge < -0.3 is 10.1 Å². The van der Waals surface area contributed by atoms with Crippen LogP contribution in [-0.4, -0.2) is 22.0 Å². The molecule has 0 aliphatic carbocycles. The maximum atomic E-state index is 12.3. The van der Waals surface area contributed by atoms with E-state index in [1.165, 1.54) is 11.1 Å². The van der Waals surface area contributed by atoms with E-state index in [1.807, 2.05) is 32.0 Å². The van der Waals surface area contributed by atoms with Crippen LogP contribution in [0, 0.1) is 20.8 Å². The molecule has 23 heavy (non-hydrogen) atoms. The molecular weight excluding hydrogens is 290 g/mol. The van der Waals surface area contributed by atoms with Gasteiger partial charge in [-0.3, -0.25) is 4.79 Å². The first kappa shape index (κ1) is 15.5. The second-order valence-electron chi connectivity index (χ2n) is 6.02. The number of aryl methyl sites for hydroxylation is 4. The van der Waals surface area contributed by atoms with Crippen LogP contribution in [0.4, 0.5) is 0 Å². The van der Waals surface area contributed by atoms with Crippen LogP contribution in [0.25, 0.3) is 0 Å². The van der Waals surface area contributed by atoms with E-state index in [-0.39, 0.29) is 5.91 Å². The Labute approximate surface area is 136 Å². The zero-order valence-corrected chi connectivity index (χ0v) is 13.7. The molecule has 1 aromatic carbocycles. The van der Waals surface area contributed by atoms with Crippen molar-refractivity contribution in [2.24, 2.45) is 0 Å². The first-order valence-electron chi connectivity index (χ1n) is 7.86. The number of hydrogen-bond acceptors (Lipinski definition) is 4. The first-order valence-corrected chi connectivity index (χ1v) is 7.86. The summed E-state index contributed by atoms with van der Waals surface area (Å²) >= 11 is 0. The van der Waals surface area contributed by atoms with Gasteiger partial charge in [-0.25, -0.2) is 9.97 Å². The number of amides is 1. The van der Waals surface area contributed by atoms with Crippen molar-refractivity contribution in [2.45, 2.75) is 46.3 Å². The van der Waals surface area contributed by atoms with Gasteiger partial charge in [0.2, 0.25) is 0 Å². The lowest BCUT2D eigenvalue weighted by atomic mass is 10.00. The third-order valence-electron chi connectivity index (χ3n) is 3.92. The molecule has 0 bridgehead atoms. The van der Waals surface area contributed by atoms with Crippen molar-refractivity contribution >= 4 is 5.91 Å². The van der Waals surface area contributed by atoms with Crippen molar-refractivity contribution in [1.29, 1.82) is 0 Å². The smallest absolute Gasteiger partial charge is 0.261 e. The van der Waals surface area contributed by atoms with E-state index in [4.69, 9.17) is 4.74 Å². The number of carbonyl (C=O) groups excluding carboxylic acids is 1. The highest BCUT2D eigenvalue weighted by molar-refractivity contribution is 5.81. The summed E-state index contributed by atoms with van der Waals surface area (Å²) in [5.41, 5.74) is 4.11. The zero-order chi connectivity index (χ0) is 16.4. The molecule has 0 spiro atoms. The summed E-state index contributed by atoms with van der Waals surface area (Å²) in [6, 6.07) is 7.95. The lowest BCUT2D eigenvalue weighted by Crippen LogP contribution is -2.40. The number of ether oxygens (including phenoxy) is 1. The van der Waals surface area contributed by atoms with Crippen LogP contribution in [0.15, 0.2) is 24.3 Å². The van der Waals surface area contributed by atoms with Crippen molar-refractivity contribution < 1.29 is 9.53 Å². The molecule has 3 rings (SSSR count). The van der Waals surface area contributed by atoms with Gasteiger partial charge in [-0.1, -0.05) is 17.7 Å². The quantitative estimate of drug-likeness (QED) is 0.945. The second-order valence-corrected chi connectivity index (χ2v) is 6.02. The van der Waals surface area contributed by atoms with Crippen LogP contribution in [0.1, 0.15) is 34.8 Å². The third kappa shape index (κ3) is 3.67. The Morgan fingerprint density at radius 2 is 2.09 bits per heavy atom. The molecule has 1 amide bonds. The van der Waals surface area contributed by atoms with Gasteiger partial charge in [0, 0.05) is 5.69 Å². The van der Waals surface area contributed by atoms with E-state index in [2.05, 4.69) is 28.3 Å². The predicted octanol–water partition coefficient (Wildman–Crippen LogP) is 2.41. The van der Waals surface area contributed by atoms with Gasteiger partial charge in [0.15, 0.2) is 6.10 Å². The minimum Gasteiger partial charge on any atom is -0.480 e. The third-order valence-corrected chi connectivity index (χ3v) is 3.92. The number of fused-ring (bicyclic) bond motifs is 1. The van der Waals surface area contributed by atoms with E-state index in [0.29, 0.717) is 18.8 Å². The Hall–Kier alpha value is -2.43. The van der Waals surface area contributed by atoms with Crippen LogP contribution >= 0.6 is 0 Å². The van der Waals surface area contributed by atoms with Crippen molar-refractivity contribution in [3.8, 4) is 5.75 Å². The van der Waals surface area contributed by atoms with Crippen LogP contribution in [0.3, 0.4) is 0 Å². The topological polar surface area (TPSA) is 64.1 Å². The minimum atomic E-state index is -0.436. The molecule has 0 saturated carbocycles. The SMILES string of the molecule is Cc1ccc2c(c1)CC[C@@H](C(=O)NCc1cc(C)nc(C)n1)O2. The first-order chi connectivity index (χ1) is 11.0. The number of nitrogens with zero attached hydrogens (tertiary/aromatic N) is 2. The molecule has 0 fully saturated rings. The van der Waals surface area contributed by atoms with Gasteiger partial charge in [0.05, 0.1) is 12.2 Å². The molecule has 1 aromatic heterocycles. The molecule has 1 atom stereocenters. The average molecular weight is 311 g/mol. The molecule has 1 N–H and O–H groups in total. The molecule has 120 valence electrons. The molecule has 5 nitrogen and oxygen atoms in total. The maximum absolute atomic E-state index is 12.3. The van der Waals surface area contributed by atoms with Crippen molar-refractivity contribution in [1.82, 2.24) is 15.3 Å². The number of nitrogens with one attached hydrogen (secondary N) is 1. The molecular formula is C18H21N3O2. The molecule has 0 unspecified atom stereocenters. The summed E-state index contributed by atoms with van der Waals surface area (Å²) in [6.45, 7) is 6.22. The molecule has 0 saturated heterocycles. The Morgan fingerprint density at radius 3 is 2.87 bits per heavy atom. The van der Waals surface area contributed by atoms with Crippen molar-refractivity contribution in [3.63, 3.8) is 0 Å².